The number of carbonyl (C=O) groups excluding carboxylic acids is 1. The second-order valence-corrected chi connectivity index (χ2v) is 6.70. The normalized spacial score (nSPS) is 11.0. The van der Waals surface area contributed by atoms with Gasteiger partial charge >= 0.3 is 0 Å². The van der Waals surface area contributed by atoms with Gasteiger partial charge in [0, 0.05) is 49.9 Å². The van der Waals surface area contributed by atoms with Crippen LogP contribution in [0, 0.1) is 0 Å². The van der Waals surface area contributed by atoms with Crippen molar-refractivity contribution in [1.82, 2.24) is 19.7 Å². The summed E-state index contributed by atoms with van der Waals surface area (Å²) in [6.45, 7) is 1.50. The number of carbonyl (C=O) groups is 1. The van der Waals surface area contributed by atoms with E-state index < -0.39 is 0 Å². The summed E-state index contributed by atoms with van der Waals surface area (Å²) in [6, 6.07) is 9.89. The molecule has 0 aliphatic heterocycles. The lowest BCUT2D eigenvalue weighted by molar-refractivity contribution is -0.116. The highest BCUT2D eigenvalue weighted by Crippen LogP contribution is 2.32. The highest BCUT2D eigenvalue weighted by molar-refractivity contribution is 6.03. The summed E-state index contributed by atoms with van der Waals surface area (Å²) in [5, 5.41) is 4.99. The number of nitrogens with two attached hydrogens (primary N) is 1. The van der Waals surface area contributed by atoms with Crippen molar-refractivity contribution in [2.24, 2.45) is 7.05 Å². The SMILES string of the molecule is CC(=O)N(C)c1cnc2ccc(-c3ccc(-c4cnn(C)c4)nc3)cc2c1N. The number of anilines is 2. The van der Waals surface area contributed by atoms with Gasteiger partial charge in [-0.2, -0.15) is 5.10 Å². The molecule has 28 heavy (non-hydrogen) atoms. The molecule has 1 amide bonds. The monoisotopic (exact) mass is 372 g/mol. The predicted octanol–water partition coefficient (Wildman–Crippen LogP) is 3.26. The van der Waals surface area contributed by atoms with Crippen LogP contribution in [0.4, 0.5) is 11.4 Å². The highest BCUT2D eigenvalue weighted by atomic mass is 16.2. The largest absolute Gasteiger partial charge is 0.396 e. The van der Waals surface area contributed by atoms with Crippen LogP contribution in [-0.4, -0.2) is 32.7 Å². The second kappa shape index (κ2) is 6.77. The topological polar surface area (TPSA) is 89.9 Å². The Morgan fingerprint density at radius 3 is 2.46 bits per heavy atom. The second-order valence-electron chi connectivity index (χ2n) is 6.70. The van der Waals surface area contributed by atoms with Gasteiger partial charge in [-0.3, -0.25) is 19.4 Å². The van der Waals surface area contributed by atoms with Crippen LogP contribution in [0.3, 0.4) is 0 Å². The van der Waals surface area contributed by atoms with Crippen LogP contribution in [0.15, 0.2) is 55.1 Å². The molecule has 0 aliphatic carbocycles. The average molecular weight is 372 g/mol. The number of benzene rings is 1. The molecule has 4 aromatic rings. The van der Waals surface area contributed by atoms with Gasteiger partial charge in [-0.05, 0) is 23.8 Å². The molecule has 0 saturated heterocycles. The molecule has 0 fully saturated rings. The Balaban J connectivity index is 1.74. The van der Waals surface area contributed by atoms with Crippen LogP contribution in [0.25, 0.3) is 33.3 Å². The fourth-order valence-electron chi connectivity index (χ4n) is 3.11. The molecular weight excluding hydrogens is 352 g/mol. The molecule has 0 saturated carbocycles. The summed E-state index contributed by atoms with van der Waals surface area (Å²) < 4.78 is 1.75. The number of nitrogen functional groups attached to an aromatic ring is 1. The average Bonchev–Trinajstić information content (AvgIpc) is 3.14. The zero-order valence-corrected chi connectivity index (χ0v) is 15.9. The minimum absolute atomic E-state index is 0.0980. The first-order chi connectivity index (χ1) is 13.4. The molecular formula is C21H20N6O. The van der Waals surface area contributed by atoms with Gasteiger partial charge in [-0.25, -0.2) is 0 Å². The number of aryl methyl sites for hydroxylation is 1. The number of aromatic nitrogens is 4. The zero-order valence-electron chi connectivity index (χ0n) is 15.9. The van der Waals surface area contributed by atoms with Crippen molar-refractivity contribution in [3.63, 3.8) is 0 Å². The summed E-state index contributed by atoms with van der Waals surface area (Å²) in [4.78, 5) is 22.2. The molecule has 7 heteroatoms. The lowest BCUT2D eigenvalue weighted by Crippen LogP contribution is -2.24. The lowest BCUT2D eigenvalue weighted by Gasteiger charge is -2.18. The number of hydrogen-bond donors (Lipinski definition) is 1. The summed E-state index contributed by atoms with van der Waals surface area (Å²) in [6.07, 6.45) is 7.18. The third kappa shape index (κ3) is 3.07. The Morgan fingerprint density at radius 2 is 1.82 bits per heavy atom. The Kier molecular flexibility index (Phi) is 4.27. The molecule has 0 bridgehead atoms. The van der Waals surface area contributed by atoms with E-state index in [9.17, 15) is 4.79 Å². The molecule has 2 N–H and O–H groups in total. The number of pyridine rings is 2. The van der Waals surface area contributed by atoms with Crippen LogP contribution in [0.2, 0.25) is 0 Å². The van der Waals surface area contributed by atoms with Gasteiger partial charge < -0.3 is 10.6 Å². The molecule has 1 aromatic carbocycles. The fourth-order valence-corrected chi connectivity index (χ4v) is 3.11. The maximum atomic E-state index is 11.7. The predicted molar refractivity (Wildman–Crippen MR) is 111 cm³/mol. The van der Waals surface area contributed by atoms with Crippen molar-refractivity contribution in [2.45, 2.75) is 6.92 Å². The Hall–Kier alpha value is -3.74. The third-order valence-corrected chi connectivity index (χ3v) is 4.82. The van der Waals surface area contributed by atoms with Gasteiger partial charge in [-0.1, -0.05) is 12.1 Å². The number of fused-ring (bicyclic) bond motifs is 1. The quantitative estimate of drug-likeness (QED) is 0.596. The van der Waals surface area contributed by atoms with E-state index >= 15 is 0 Å². The molecule has 0 radical (unpaired) electrons. The summed E-state index contributed by atoms with van der Waals surface area (Å²) in [7, 11) is 3.57. The van der Waals surface area contributed by atoms with E-state index in [1.54, 1.807) is 24.1 Å². The van der Waals surface area contributed by atoms with Crippen LogP contribution < -0.4 is 10.6 Å². The van der Waals surface area contributed by atoms with Crippen LogP contribution in [-0.2, 0) is 11.8 Å². The van der Waals surface area contributed by atoms with Crippen molar-refractivity contribution in [2.75, 3.05) is 17.7 Å². The van der Waals surface area contributed by atoms with Crippen molar-refractivity contribution >= 4 is 28.2 Å². The third-order valence-electron chi connectivity index (χ3n) is 4.82. The minimum atomic E-state index is -0.0980. The van der Waals surface area contributed by atoms with Gasteiger partial charge in [0.25, 0.3) is 0 Å². The molecule has 0 unspecified atom stereocenters. The molecule has 7 nitrogen and oxygen atoms in total. The summed E-state index contributed by atoms with van der Waals surface area (Å²) in [5.41, 5.74) is 12.0. The van der Waals surface area contributed by atoms with E-state index in [-0.39, 0.29) is 5.91 Å². The highest BCUT2D eigenvalue weighted by Gasteiger charge is 2.13. The lowest BCUT2D eigenvalue weighted by atomic mass is 10.0. The Morgan fingerprint density at radius 1 is 1.04 bits per heavy atom. The van der Waals surface area contributed by atoms with E-state index in [1.165, 1.54) is 11.8 Å². The first kappa shape index (κ1) is 17.7. The molecule has 140 valence electrons. The Bertz CT molecular complexity index is 1180. The number of nitrogens with zero attached hydrogens (tertiary/aromatic N) is 5. The molecule has 3 aromatic heterocycles. The van der Waals surface area contributed by atoms with Crippen LogP contribution >= 0.6 is 0 Å². The number of hydrogen-bond acceptors (Lipinski definition) is 5. The van der Waals surface area contributed by atoms with Gasteiger partial charge in [0.1, 0.15) is 0 Å². The molecule has 4 rings (SSSR count). The van der Waals surface area contributed by atoms with E-state index in [4.69, 9.17) is 5.73 Å². The molecule has 0 spiro atoms. The van der Waals surface area contributed by atoms with Crippen molar-refractivity contribution in [3.8, 4) is 22.4 Å². The van der Waals surface area contributed by atoms with E-state index in [0.717, 1.165) is 33.3 Å². The molecule has 0 atom stereocenters. The van der Waals surface area contributed by atoms with E-state index in [1.807, 2.05) is 49.8 Å². The number of rotatable bonds is 3. The van der Waals surface area contributed by atoms with Crippen LogP contribution in [0.1, 0.15) is 6.92 Å². The van der Waals surface area contributed by atoms with E-state index in [2.05, 4.69) is 15.1 Å². The summed E-state index contributed by atoms with van der Waals surface area (Å²) in [5.74, 6) is -0.0980. The molecule has 0 aliphatic rings. The van der Waals surface area contributed by atoms with Gasteiger partial charge in [0.2, 0.25) is 5.91 Å². The maximum absolute atomic E-state index is 11.7. The standard InChI is InChI=1S/C21H20N6O/c1-13(28)27(3)20-11-24-19-7-4-14(8-17(19)21(20)22)15-5-6-18(23-9-15)16-10-25-26(2)12-16/h4-12H,1-3H3,(H2,22,24). The molecule has 3 heterocycles. The van der Waals surface area contributed by atoms with Crippen molar-refractivity contribution in [3.05, 3.63) is 55.1 Å². The first-order valence-electron chi connectivity index (χ1n) is 8.82. The van der Waals surface area contributed by atoms with Crippen molar-refractivity contribution in [1.29, 1.82) is 0 Å². The smallest absolute Gasteiger partial charge is 0.223 e. The first-order valence-corrected chi connectivity index (χ1v) is 8.82. The zero-order chi connectivity index (χ0) is 19.8. The van der Waals surface area contributed by atoms with Crippen LogP contribution in [0.5, 0.6) is 0 Å². The van der Waals surface area contributed by atoms with E-state index in [0.29, 0.717) is 11.4 Å². The van der Waals surface area contributed by atoms with Gasteiger partial charge in [0.05, 0.1) is 35.0 Å². The fraction of sp³-hybridized carbons (Fsp3) is 0.143. The van der Waals surface area contributed by atoms with Gasteiger partial charge in [-0.15, -0.1) is 0 Å². The maximum Gasteiger partial charge on any atom is 0.223 e. The van der Waals surface area contributed by atoms with Crippen molar-refractivity contribution < 1.29 is 4.79 Å². The number of amides is 1. The summed E-state index contributed by atoms with van der Waals surface area (Å²) >= 11 is 0. The Labute approximate surface area is 162 Å². The minimum Gasteiger partial charge on any atom is -0.396 e. The van der Waals surface area contributed by atoms with Gasteiger partial charge in [0.15, 0.2) is 0 Å².